The van der Waals surface area contributed by atoms with E-state index in [-0.39, 0.29) is 6.61 Å². The molecule has 0 heterocycles. The van der Waals surface area contributed by atoms with E-state index in [9.17, 15) is 0 Å². The molecule has 112 valence electrons. The van der Waals surface area contributed by atoms with Crippen LogP contribution in [-0.4, -0.2) is 25.4 Å². The Morgan fingerprint density at radius 2 is 1.76 bits per heavy atom. The fourth-order valence-electron chi connectivity index (χ4n) is 1.86. The number of nitrogens with one attached hydrogen (secondary N) is 3. The van der Waals surface area contributed by atoms with Crippen molar-refractivity contribution in [1.82, 2.24) is 0 Å². The SMILES string of the molecule is COc1ccc(Nc2ccc(NCCO)cc2)c(NI)c1. The van der Waals surface area contributed by atoms with E-state index >= 15 is 0 Å². The van der Waals surface area contributed by atoms with Gasteiger partial charge in [0.1, 0.15) is 5.75 Å². The zero-order valence-corrected chi connectivity index (χ0v) is 13.8. The van der Waals surface area contributed by atoms with Gasteiger partial charge in [-0.05, 0) is 36.4 Å². The van der Waals surface area contributed by atoms with E-state index in [0.717, 1.165) is 28.5 Å². The van der Waals surface area contributed by atoms with Gasteiger partial charge >= 0.3 is 0 Å². The number of hydrogen-bond acceptors (Lipinski definition) is 5. The minimum Gasteiger partial charge on any atom is -0.497 e. The summed E-state index contributed by atoms with van der Waals surface area (Å²) in [6, 6.07) is 13.7. The van der Waals surface area contributed by atoms with Crippen LogP contribution in [0.4, 0.5) is 22.7 Å². The maximum Gasteiger partial charge on any atom is 0.121 e. The lowest BCUT2D eigenvalue weighted by Gasteiger charge is -2.13. The van der Waals surface area contributed by atoms with E-state index in [4.69, 9.17) is 9.84 Å². The van der Waals surface area contributed by atoms with Crippen molar-refractivity contribution < 1.29 is 9.84 Å². The molecule has 0 aromatic heterocycles. The van der Waals surface area contributed by atoms with Crippen LogP contribution in [0.5, 0.6) is 5.75 Å². The molecule has 0 bridgehead atoms. The van der Waals surface area contributed by atoms with Crippen molar-refractivity contribution >= 4 is 45.6 Å². The van der Waals surface area contributed by atoms with E-state index in [1.165, 1.54) is 0 Å². The third-order valence-corrected chi connectivity index (χ3v) is 3.51. The Labute approximate surface area is 138 Å². The molecule has 2 aromatic carbocycles. The van der Waals surface area contributed by atoms with Crippen LogP contribution in [-0.2, 0) is 0 Å². The summed E-state index contributed by atoms with van der Waals surface area (Å²) in [5.41, 5.74) is 3.90. The molecule has 4 N–H and O–H groups in total. The lowest BCUT2D eigenvalue weighted by molar-refractivity contribution is 0.311. The Balaban J connectivity index is 2.10. The molecule has 21 heavy (non-hydrogen) atoms. The van der Waals surface area contributed by atoms with Gasteiger partial charge in [-0.1, -0.05) is 0 Å². The minimum absolute atomic E-state index is 0.122. The van der Waals surface area contributed by atoms with Gasteiger partial charge in [-0.25, -0.2) is 0 Å². The first-order chi connectivity index (χ1) is 10.3. The predicted molar refractivity (Wildman–Crippen MR) is 95.9 cm³/mol. The summed E-state index contributed by atoms with van der Waals surface area (Å²) in [5.74, 6) is 0.809. The van der Waals surface area contributed by atoms with E-state index in [1.54, 1.807) is 7.11 Å². The highest BCUT2D eigenvalue weighted by molar-refractivity contribution is 14.1. The highest BCUT2D eigenvalue weighted by atomic mass is 127. The van der Waals surface area contributed by atoms with E-state index in [0.29, 0.717) is 6.54 Å². The van der Waals surface area contributed by atoms with Crippen molar-refractivity contribution in [1.29, 1.82) is 0 Å². The third kappa shape index (κ3) is 4.40. The molecule has 6 heteroatoms. The molecule has 0 atom stereocenters. The number of halogens is 1. The summed E-state index contributed by atoms with van der Waals surface area (Å²) in [6.07, 6.45) is 0. The van der Waals surface area contributed by atoms with Gasteiger partial charge in [0, 0.05) is 24.0 Å². The van der Waals surface area contributed by atoms with Gasteiger partial charge in [0.25, 0.3) is 0 Å². The molecule has 0 aliphatic carbocycles. The molecule has 2 aromatic rings. The normalized spacial score (nSPS) is 10.0. The van der Waals surface area contributed by atoms with Crippen molar-refractivity contribution in [3.8, 4) is 5.75 Å². The molecule has 0 aliphatic rings. The number of anilines is 4. The van der Waals surface area contributed by atoms with Crippen LogP contribution in [0.3, 0.4) is 0 Å². The highest BCUT2D eigenvalue weighted by Gasteiger charge is 2.04. The quantitative estimate of drug-likeness (QED) is 0.423. The van der Waals surface area contributed by atoms with E-state index in [2.05, 4.69) is 37.0 Å². The van der Waals surface area contributed by atoms with Crippen LogP contribution >= 0.6 is 22.9 Å². The monoisotopic (exact) mass is 399 g/mol. The van der Waals surface area contributed by atoms with E-state index in [1.807, 2.05) is 42.5 Å². The molecule has 0 saturated heterocycles. The molecule has 2 rings (SSSR count). The van der Waals surface area contributed by atoms with Gasteiger partial charge in [-0.2, -0.15) is 0 Å². The molecular formula is C15H18IN3O2. The lowest BCUT2D eigenvalue weighted by Crippen LogP contribution is -2.05. The number of rotatable bonds is 7. The van der Waals surface area contributed by atoms with E-state index < -0.39 is 0 Å². The second-order valence-corrected chi connectivity index (χ2v) is 4.90. The van der Waals surface area contributed by atoms with Gasteiger partial charge < -0.3 is 24.0 Å². The molecule has 0 spiro atoms. The summed E-state index contributed by atoms with van der Waals surface area (Å²) in [5, 5.41) is 15.3. The van der Waals surface area contributed by atoms with Gasteiger partial charge in [0.15, 0.2) is 0 Å². The Morgan fingerprint density at radius 3 is 2.38 bits per heavy atom. The number of methoxy groups -OCH3 is 1. The Bertz CT molecular complexity index is 576. The first kappa shape index (κ1) is 15.7. The summed E-state index contributed by atoms with van der Waals surface area (Å²) in [6.45, 7) is 0.671. The van der Waals surface area contributed by atoms with Gasteiger partial charge in [0.05, 0.1) is 48.0 Å². The first-order valence-corrected chi connectivity index (χ1v) is 7.61. The summed E-state index contributed by atoms with van der Waals surface area (Å²) >= 11 is 2.10. The largest absolute Gasteiger partial charge is 0.497 e. The zero-order chi connectivity index (χ0) is 15.1. The topological polar surface area (TPSA) is 65.5 Å². The minimum atomic E-state index is 0.122. The number of hydrogen-bond donors (Lipinski definition) is 4. The smallest absolute Gasteiger partial charge is 0.121 e. The fraction of sp³-hybridized carbons (Fsp3) is 0.200. The standard InChI is InChI=1S/C15H18IN3O2/c1-21-13-6-7-14(15(10-13)19-16)18-12-4-2-11(3-5-12)17-8-9-20/h2-7,10,17-20H,8-9H2,1H3. The van der Waals surface area contributed by atoms with Gasteiger partial charge in [-0.3, -0.25) is 0 Å². The summed E-state index contributed by atoms with van der Waals surface area (Å²) < 4.78 is 8.33. The number of ether oxygens (including phenoxy) is 1. The summed E-state index contributed by atoms with van der Waals surface area (Å²) in [4.78, 5) is 0. The molecule has 0 unspecified atom stereocenters. The van der Waals surface area contributed by atoms with Gasteiger partial charge in [-0.15, -0.1) is 0 Å². The molecular weight excluding hydrogens is 381 g/mol. The molecule has 5 nitrogen and oxygen atoms in total. The average molecular weight is 399 g/mol. The Morgan fingerprint density at radius 1 is 1.05 bits per heavy atom. The predicted octanol–water partition coefficient (Wildman–Crippen LogP) is 3.60. The third-order valence-electron chi connectivity index (χ3n) is 2.93. The molecule has 0 fully saturated rings. The highest BCUT2D eigenvalue weighted by Crippen LogP contribution is 2.30. The molecule has 0 aliphatic heterocycles. The average Bonchev–Trinajstić information content (AvgIpc) is 2.54. The summed E-state index contributed by atoms with van der Waals surface area (Å²) in [7, 11) is 1.65. The van der Waals surface area contributed by atoms with Crippen LogP contribution in [0.1, 0.15) is 0 Å². The lowest BCUT2D eigenvalue weighted by atomic mass is 10.2. The first-order valence-electron chi connectivity index (χ1n) is 6.53. The van der Waals surface area contributed by atoms with Crippen LogP contribution in [0.2, 0.25) is 0 Å². The van der Waals surface area contributed by atoms with Crippen molar-refractivity contribution in [3.05, 3.63) is 42.5 Å². The second-order valence-electron chi connectivity index (χ2n) is 4.36. The maximum atomic E-state index is 8.78. The second kappa shape index (κ2) is 7.94. The maximum absolute atomic E-state index is 8.78. The van der Waals surface area contributed by atoms with Crippen LogP contribution in [0.25, 0.3) is 0 Å². The van der Waals surface area contributed by atoms with Crippen LogP contribution in [0, 0.1) is 0 Å². The Hall–Kier alpha value is -1.67. The van der Waals surface area contributed by atoms with Crippen molar-refractivity contribution in [2.24, 2.45) is 0 Å². The number of aliphatic hydroxyl groups is 1. The fourth-order valence-corrected chi connectivity index (χ4v) is 2.31. The molecule has 0 amide bonds. The number of aliphatic hydroxyl groups excluding tert-OH is 1. The molecule has 0 saturated carbocycles. The van der Waals surface area contributed by atoms with Crippen molar-refractivity contribution in [2.75, 3.05) is 34.4 Å². The molecule has 0 radical (unpaired) electrons. The van der Waals surface area contributed by atoms with Crippen molar-refractivity contribution in [2.45, 2.75) is 0 Å². The van der Waals surface area contributed by atoms with Crippen LogP contribution < -0.4 is 18.9 Å². The zero-order valence-electron chi connectivity index (χ0n) is 11.7. The number of benzene rings is 2. The van der Waals surface area contributed by atoms with Gasteiger partial charge in [0.2, 0.25) is 0 Å². The Kier molecular flexibility index (Phi) is 5.94. The van der Waals surface area contributed by atoms with Crippen molar-refractivity contribution in [3.63, 3.8) is 0 Å². The van der Waals surface area contributed by atoms with Crippen LogP contribution in [0.15, 0.2) is 42.5 Å².